The molecule has 1 unspecified atom stereocenters. The summed E-state index contributed by atoms with van der Waals surface area (Å²) in [6, 6.07) is 12.6. The molecule has 1 N–H and O–H groups in total. The molecule has 0 spiro atoms. The Bertz CT molecular complexity index is 968. The summed E-state index contributed by atoms with van der Waals surface area (Å²) in [5.41, 5.74) is 1.11. The van der Waals surface area contributed by atoms with E-state index in [4.69, 9.17) is 11.6 Å². The van der Waals surface area contributed by atoms with Crippen LogP contribution in [0.2, 0.25) is 5.02 Å². The van der Waals surface area contributed by atoms with E-state index >= 15 is 0 Å². The third-order valence-electron chi connectivity index (χ3n) is 5.06. The molecule has 2 aromatic rings. The third kappa shape index (κ3) is 7.07. The maximum atomic E-state index is 13.1. The van der Waals surface area contributed by atoms with Crippen molar-refractivity contribution in [2.75, 3.05) is 11.9 Å². The SMILES string of the molecule is CCCCCCCN1C(=O)CC(C(=O)Nc2ccc(F)cc2)SC1=Nc1cccc(Cl)c1. The predicted octanol–water partition coefficient (Wildman–Crippen LogP) is 6.41. The number of aliphatic imine (C=N–C) groups is 1. The summed E-state index contributed by atoms with van der Waals surface area (Å²) in [6.07, 6.45) is 5.48. The number of nitrogens with one attached hydrogen (secondary N) is 1. The number of hydrogen-bond donors (Lipinski definition) is 1. The zero-order chi connectivity index (χ0) is 22.9. The molecule has 0 aliphatic carbocycles. The van der Waals surface area contributed by atoms with Crippen molar-refractivity contribution in [2.24, 2.45) is 4.99 Å². The molecule has 0 bridgehead atoms. The highest BCUT2D eigenvalue weighted by Crippen LogP contribution is 2.31. The fourth-order valence-electron chi connectivity index (χ4n) is 3.35. The minimum atomic E-state index is -0.623. The van der Waals surface area contributed by atoms with Crippen LogP contribution in [0.1, 0.15) is 45.4 Å². The van der Waals surface area contributed by atoms with E-state index in [9.17, 15) is 14.0 Å². The topological polar surface area (TPSA) is 61.8 Å². The van der Waals surface area contributed by atoms with E-state index in [2.05, 4.69) is 17.2 Å². The molecule has 3 rings (SSSR count). The van der Waals surface area contributed by atoms with Gasteiger partial charge in [-0.25, -0.2) is 9.38 Å². The summed E-state index contributed by atoms with van der Waals surface area (Å²) >= 11 is 7.36. The summed E-state index contributed by atoms with van der Waals surface area (Å²) in [6.45, 7) is 2.74. The van der Waals surface area contributed by atoms with Crippen molar-refractivity contribution in [1.29, 1.82) is 0 Å². The lowest BCUT2D eigenvalue weighted by molar-refractivity contribution is -0.129. The molecule has 2 amide bonds. The van der Waals surface area contributed by atoms with Crippen molar-refractivity contribution < 1.29 is 14.0 Å². The Labute approximate surface area is 197 Å². The maximum absolute atomic E-state index is 13.1. The lowest BCUT2D eigenvalue weighted by Crippen LogP contribution is -2.45. The van der Waals surface area contributed by atoms with E-state index in [1.165, 1.54) is 42.4 Å². The second-order valence-electron chi connectivity index (χ2n) is 7.64. The number of amidine groups is 1. The highest BCUT2D eigenvalue weighted by atomic mass is 35.5. The van der Waals surface area contributed by atoms with Gasteiger partial charge in [-0.3, -0.25) is 14.5 Å². The van der Waals surface area contributed by atoms with Gasteiger partial charge in [-0.1, -0.05) is 62.0 Å². The molecule has 1 fully saturated rings. The number of carbonyl (C=O) groups is 2. The molecule has 1 atom stereocenters. The van der Waals surface area contributed by atoms with Gasteiger partial charge in [-0.2, -0.15) is 0 Å². The van der Waals surface area contributed by atoms with Gasteiger partial charge in [-0.15, -0.1) is 0 Å². The highest BCUT2D eigenvalue weighted by Gasteiger charge is 2.35. The van der Waals surface area contributed by atoms with Gasteiger partial charge in [0.25, 0.3) is 0 Å². The fourth-order valence-corrected chi connectivity index (χ4v) is 4.66. The Hall–Kier alpha value is -2.38. The molecule has 8 heteroatoms. The number of anilines is 1. The maximum Gasteiger partial charge on any atom is 0.238 e. The molecule has 5 nitrogen and oxygen atoms in total. The van der Waals surface area contributed by atoms with Crippen molar-refractivity contribution in [3.63, 3.8) is 0 Å². The number of unbranched alkanes of at least 4 members (excludes halogenated alkanes) is 4. The van der Waals surface area contributed by atoms with Crippen molar-refractivity contribution >= 4 is 51.7 Å². The molecule has 0 aromatic heterocycles. The average molecular weight is 476 g/mol. The van der Waals surface area contributed by atoms with Gasteiger partial charge in [-0.05, 0) is 48.9 Å². The summed E-state index contributed by atoms with van der Waals surface area (Å²) in [5, 5.41) is 3.19. The molecule has 0 saturated carbocycles. The molecule has 1 aliphatic heterocycles. The summed E-state index contributed by atoms with van der Waals surface area (Å²) in [5.74, 6) is -0.814. The van der Waals surface area contributed by atoms with Crippen LogP contribution in [-0.2, 0) is 9.59 Å². The Kier molecular flexibility index (Phi) is 9.11. The first-order valence-corrected chi connectivity index (χ1v) is 12.1. The van der Waals surface area contributed by atoms with Crippen LogP contribution in [-0.4, -0.2) is 33.7 Å². The quantitative estimate of drug-likeness (QED) is 0.426. The molecule has 1 aliphatic rings. The van der Waals surface area contributed by atoms with Crippen LogP contribution < -0.4 is 5.32 Å². The van der Waals surface area contributed by atoms with Gasteiger partial charge >= 0.3 is 0 Å². The number of halogens is 2. The summed E-state index contributed by atoms with van der Waals surface area (Å²) in [4.78, 5) is 32.1. The third-order valence-corrected chi connectivity index (χ3v) is 6.48. The van der Waals surface area contributed by atoms with Crippen LogP contribution >= 0.6 is 23.4 Å². The van der Waals surface area contributed by atoms with Crippen LogP contribution in [0.3, 0.4) is 0 Å². The molecule has 170 valence electrons. The monoisotopic (exact) mass is 475 g/mol. The second kappa shape index (κ2) is 12.0. The lowest BCUT2D eigenvalue weighted by atomic mass is 10.1. The first-order chi connectivity index (χ1) is 15.5. The van der Waals surface area contributed by atoms with Crippen molar-refractivity contribution in [1.82, 2.24) is 4.90 Å². The van der Waals surface area contributed by atoms with Crippen LogP contribution in [0.5, 0.6) is 0 Å². The Balaban J connectivity index is 1.75. The Morgan fingerprint density at radius 2 is 1.94 bits per heavy atom. The van der Waals surface area contributed by atoms with Gasteiger partial charge in [0.15, 0.2) is 5.17 Å². The van der Waals surface area contributed by atoms with E-state index in [1.54, 1.807) is 23.1 Å². The number of rotatable bonds is 9. The molecular weight excluding hydrogens is 449 g/mol. The van der Waals surface area contributed by atoms with Crippen LogP contribution in [0, 0.1) is 5.82 Å². The first-order valence-electron chi connectivity index (χ1n) is 10.8. The van der Waals surface area contributed by atoms with E-state index < -0.39 is 5.25 Å². The second-order valence-corrected chi connectivity index (χ2v) is 9.25. The minimum Gasteiger partial charge on any atom is -0.325 e. The highest BCUT2D eigenvalue weighted by molar-refractivity contribution is 8.15. The first kappa shape index (κ1) is 24.3. The number of thioether (sulfide) groups is 1. The van der Waals surface area contributed by atoms with Crippen LogP contribution in [0.4, 0.5) is 15.8 Å². The average Bonchev–Trinajstić information content (AvgIpc) is 2.76. The van der Waals surface area contributed by atoms with Gasteiger partial charge in [0.05, 0.1) is 5.69 Å². The van der Waals surface area contributed by atoms with E-state index in [0.29, 0.717) is 28.1 Å². The van der Waals surface area contributed by atoms with Crippen molar-refractivity contribution in [3.05, 3.63) is 59.4 Å². The van der Waals surface area contributed by atoms with Gasteiger partial charge in [0.1, 0.15) is 11.1 Å². The summed E-state index contributed by atoms with van der Waals surface area (Å²) in [7, 11) is 0. The Morgan fingerprint density at radius 3 is 2.66 bits per heavy atom. The predicted molar refractivity (Wildman–Crippen MR) is 130 cm³/mol. The normalized spacial score (nSPS) is 17.6. The lowest BCUT2D eigenvalue weighted by Gasteiger charge is -2.32. The van der Waals surface area contributed by atoms with E-state index in [0.717, 1.165) is 25.7 Å². The smallest absolute Gasteiger partial charge is 0.238 e. The van der Waals surface area contributed by atoms with E-state index in [1.807, 2.05) is 6.07 Å². The zero-order valence-corrected chi connectivity index (χ0v) is 19.6. The fraction of sp³-hybridized carbons (Fsp3) is 0.375. The van der Waals surface area contributed by atoms with Crippen LogP contribution in [0.15, 0.2) is 53.5 Å². The van der Waals surface area contributed by atoms with E-state index in [-0.39, 0.29) is 24.1 Å². The number of hydrogen-bond acceptors (Lipinski definition) is 4. The van der Waals surface area contributed by atoms with Gasteiger partial charge in [0.2, 0.25) is 11.8 Å². The molecule has 2 aromatic carbocycles. The largest absolute Gasteiger partial charge is 0.325 e. The molecule has 1 saturated heterocycles. The zero-order valence-electron chi connectivity index (χ0n) is 18.0. The molecule has 1 heterocycles. The van der Waals surface area contributed by atoms with Crippen LogP contribution in [0.25, 0.3) is 0 Å². The van der Waals surface area contributed by atoms with Crippen molar-refractivity contribution in [3.8, 4) is 0 Å². The number of amides is 2. The summed E-state index contributed by atoms with van der Waals surface area (Å²) < 4.78 is 13.1. The minimum absolute atomic E-state index is 0.0845. The number of benzene rings is 2. The Morgan fingerprint density at radius 1 is 1.19 bits per heavy atom. The molecular formula is C24H27ClFN3O2S. The van der Waals surface area contributed by atoms with Gasteiger partial charge in [0, 0.05) is 23.7 Å². The molecule has 0 radical (unpaired) electrons. The van der Waals surface area contributed by atoms with Gasteiger partial charge < -0.3 is 5.32 Å². The number of nitrogens with zero attached hydrogens (tertiary/aromatic N) is 2. The molecule has 32 heavy (non-hydrogen) atoms. The standard InChI is InChI=1S/C24H27ClFN3O2S/c1-2-3-4-5-6-14-29-22(30)16-21(23(31)27-19-12-10-18(26)11-13-19)32-24(29)28-20-9-7-8-17(25)15-20/h7-13,15,21H,2-6,14,16H2,1H3,(H,27,31). The number of carbonyl (C=O) groups excluding carboxylic acids is 2. The van der Waals surface area contributed by atoms with Crippen molar-refractivity contribution in [2.45, 2.75) is 50.7 Å².